The van der Waals surface area contributed by atoms with Crippen LogP contribution in [0.2, 0.25) is 5.02 Å². The minimum Gasteiger partial charge on any atom is -0.489 e. The Morgan fingerprint density at radius 1 is 1.19 bits per heavy atom. The second-order valence-electron chi connectivity index (χ2n) is 5.05. The van der Waals surface area contributed by atoms with Gasteiger partial charge < -0.3 is 10.1 Å². The molecule has 0 bridgehead atoms. The Morgan fingerprint density at radius 3 is 2.57 bits per heavy atom. The first kappa shape index (κ1) is 15.8. The topological polar surface area (TPSA) is 21.3 Å². The number of hydrogen-bond acceptors (Lipinski definition) is 2. The molecule has 2 atom stereocenters. The highest BCUT2D eigenvalue weighted by atomic mass is 35.5. The van der Waals surface area contributed by atoms with Crippen molar-refractivity contribution < 1.29 is 9.13 Å². The molecular weight excluding hydrogens is 289 g/mol. The zero-order valence-electron chi connectivity index (χ0n) is 12.4. The van der Waals surface area contributed by atoms with Gasteiger partial charge in [0.2, 0.25) is 0 Å². The van der Waals surface area contributed by atoms with Crippen LogP contribution in [0.15, 0.2) is 42.5 Å². The normalized spacial score (nSPS) is 13.8. The molecule has 0 aliphatic carbocycles. The van der Waals surface area contributed by atoms with E-state index in [1.165, 1.54) is 12.1 Å². The molecule has 2 nitrogen and oxygen atoms in total. The van der Waals surface area contributed by atoms with Gasteiger partial charge in [0.05, 0.1) is 6.04 Å². The maximum Gasteiger partial charge on any atom is 0.123 e. The predicted molar refractivity (Wildman–Crippen MR) is 84.5 cm³/mol. The van der Waals surface area contributed by atoms with Gasteiger partial charge in [-0.15, -0.1) is 0 Å². The van der Waals surface area contributed by atoms with Gasteiger partial charge in [-0.1, -0.05) is 23.7 Å². The Bertz CT molecular complexity index is 617. The Balaban J connectivity index is 2.20. The van der Waals surface area contributed by atoms with Gasteiger partial charge in [0.15, 0.2) is 0 Å². The fraction of sp³-hybridized carbons (Fsp3) is 0.294. The third-order valence-electron chi connectivity index (χ3n) is 3.47. The molecule has 0 heterocycles. The molecule has 0 radical (unpaired) electrons. The molecular formula is C17H19ClFNO. The van der Waals surface area contributed by atoms with Gasteiger partial charge in [-0.05, 0) is 62.4 Å². The van der Waals surface area contributed by atoms with Crippen LogP contribution in [0, 0.1) is 12.7 Å². The number of ether oxygens (including phenoxy) is 1. The molecule has 112 valence electrons. The van der Waals surface area contributed by atoms with E-state index in [9.17, 15) is 4.39 Å². The van der Waals surface area contributed by atoms with Gasteiger partial charge in [-0.25, -0.2) is 4.39 Å². The van der Waals surface area contributed by atoms with Crippen molar-refractivity contribution in [3.8, 4) is 5.75 Å². The second kappa shape index (κ2) is 6.92. The second-order valence-corrected chi connectivity index (χ2v) is 5.48. The maximum absolute atomic E-state index is 13.2. The van der Waals surface area contributed by atoms with E-state index in [1.807, 2.05) is 33.0 Å². The van der Waals surface area contributed by atoms with Crippen molar-refractivity contribution in [3.05, 3.63) is 64.4 Å². The fourth-order valence-corrected chi connectivity index (χ4v) is 2.63. The van der Waals surface area contributed by atoms with E-state index >= 15 is 0 Å². The van der Waals surface area contributed by atoms with Crippen molar-refractivity contribution in [2.45, 2.75) is 26.0 Å². The van der Waals surface area contributed by atoms with Crippen LogP contribution in [-0.4, -0.2) is 13.2 Å². The Kier molecular flexibility index (Phi) is 5.21. The molecule has 4 heteroatoms. The standard InChI is InChI=1S/C17H19ClFNO/c1-11-9-14(19)7-8-16(11)17(20-3)12(2)21-15-6-4-5-13(18)10-15/h4-10,12,17,20H,1-3H3. The van der Waals surface area contributed by atoms with Gasteiger partial charge in [0.25, 0.3) is 0 Å². The third kappa shape index (κ3) is 3.96. The van der Waals surface area contributed by atoms with Crippen LogP contribution in [0.4, 0.5) is 4.39 Å². The molecule has 2 unspecified atom stereocenters. The van der Waals surface area contributed by atoms with Crippen LogP contribution in [0.25, 0.3) is 0 Å². The van der Waals surface area contributed by atoms with E-state index in [0.29, 0.717) is 5.02 Å². The van der Waals surface area contributed by atoms with Crippen LogP contribution in [0.5, 0.6) is 5.75 Å². The number of hydrogen-bond donors (Lipinski definition) is 1. The van der Waals surface area contributed by atoms with E-state index in [4.69, 9.17) is 16.3 Å². The molecule has 0 amide bonds. The van der Waals surface area contributed by atoms with E-state index in [0.717, 1.165) is 16.9 Å². The molecule has 0 aliphatic heterocycles. The number of likely N-dealkylation sites (N-methyl/N-ethyl adjacent to an activating group) is 1. The molecule has 0 aromatic heterocycles. The summed E-state index contributed by atoms with van der Waals surface area (Å²) in [5, 5.41) is 3.87. The van der Waals surface area contributed by atoms with Crippen molar-refractivity contribution in [3.63, 3.8) is 0 Å². The van der Waals surface area contributed by atoms with Crippen molar-refractivity contribution in [1.29, 1.82) is 0 Å². The summed E-state index contributed by atoms with van der Waals surface area (Å²) in [6.07, 6.45) is -0.127. The Labute approximate surface area is 129 Å². The quantitative estimate of drug-likeness (QED) is 0.877. The summed E-state index contributed by atoms with van der Waals surface area (Å²) < 4.78 is 19.2. The minimum absolute atomic E-state index is 0.0374. The van der Waals surface area contributed by atoms with Crippen molar-refractivity contribution in [2.75, 3.05) is 7.05 Å². The Hall–Kier alpha value is -1.58. The predicted octanol–water partition coefficient (Wildman–Crippen LogP) is 4.52. The van der Waals surface area contributed by atoms with Crippen LogP contribution < -0.4 is 10.1 Å². The van der Waals surface area contributed by atoms with Gasteiger partial charge in [0, 0.05) is 5.02 Å². The molecule has 2 aromatic carbocycles. The number of aryl methyl sites for hydroxylation is 1. The molecule has 1 N–H and O–H groups in total. The highest BCUT2D eigenvalue weighted by Crippen LogP contribution is 2.26. The van der Waals surface area contributed by atoms with Crippen LogP contribution in [0.3, 0.4) is 0 Å². The van der Waals surface area contributed by atoms with Crippen LogP contribution >= 0.6 is 11.6 Å². The van der Waals surface area contributed by atoms with E-state index in [1.54, 1.807) is 18.2 Å². The minimum atomic E-state index is -0.227. The SMILES string of the molecule is CNC(c1ccc(F)cc1C)C(C)Oc1cccc(Cl)c1. The Morgan fingerprint density at radius 2 is 1.95 bits per heavy atom. The van der Waals surface area contributed by atoms with Gasteiger partial charge in [-0.3, -0.25) is 0 Å². The number of nitrogens with one attached hydrogen (secondary N) is 1. The first-order chi connectivity index (χ1) is 10.0. The molecule has 0 spiro atoms. The van der Waals surface area contributed by atoms with Crippen molar-refractivity contribution in [2.24, 2.45) is 0 Å². The lowest BCUT2D eigenvalue weighted by Gasteiger charge is -2.26. The largest absolute Gasteiger partial charge is 0.489 e. The van der Waals surface area contributed by atoms with E-state index in [2.05, 4.69) is 5.32 Å². The molecule has 0 aliphatic rings. The molecule has 2 aromatic rings. The van der Waals surface area contributed by atoms with Crippen LogP contribution in [0.1, 0.15) is 24.1 Å². The summed E-state index contributed by atoms with van der Waals surface area (Å²) in [6, 6.07) is 12.1. The summed E-state index contributed by atoms with van der Waals surface area (Å²) in [4.78, 5) is 0. The highest BCUT2D eigenvalue weighted by Gasteiger charge is 2.21. The van der Waals surface area contributed by atoms with Gasteiger partial charge in [0.1, 0.15) is 17.7 Å². The maximum atomic E-state index is 13.2. The summed E-state index contributed by atoms with van der Waals surface area (Å²) >= 11 is 5.96. The molecule has 0 saturated heterocycles. The lowest BCUT2D eigenvalue weighted by atomic mass is 9.97. The lowest BCUT2D eigenvalue weighted by molar-refractivity contribution is 0.175. The van der Waals surface area contributed by atoms with Crippen molar-refractivity contribution in [1.82, 2.24) is 5.32 Å². The van der Waals surface area contributed by atoms with E-state index in [-0.39, 0.29) is 18.0 Å². The first-order valence-corrected chi connectivity index (χ1v) is 7.24. The molecule has 2 rings (SSSR count). The van der Waals surface area contributed by atoms with Crippen molar-refractivity contribution >= 4 is 11.6 Å². The number of benzene rings is 2. The summed E-state index contributed by atoms with van der Waals surface area (Å²) in [5.74, 6) is 0.490. The average molecular weight is 308 g/mol. The zero-order chi connectivity index (χ0) is 15.4. The van der Waals surface area contributed by atoms with Gasteiger partial charge >= 0.3 is 0 Å². The average Bonchev–Trinajstić information content (AvgIpc) is 2.42. The highest BCUT2D eigenvalue weighted by molar-refractivity contribution is 6.30. The summed E-state index contributed by atoms with van der Waals surface area (Å²) in [7, 11) is 1.87. The van der Waals surface area contributed by atoms with Crippen LogP contribution in [-0.2, 0) is 0 Å². The first-order valence-electron chi connectivity index (χ1n) is 6.87. The number of rotatable bonds is 5. The lowest BCUT2D eigenvalue weighted by Crippen LogP contribution is -2.32. The fourth-order valence-electron chi connectivity index (χ4n) is 2.45. The molecule has 0 saturated carbocycles. The summed E-state index contributed by atoms with van der Waals surface area (Å²) in [5.41, 5.74) is 1.92. The zero-order valence-corrected chi connectivity index (χ0v) is 13.1. The van der Waals surface area contributed by atoms with E-state index < -0.39 is 0 Å². The van der Waals surface area contributed by atoms with Gasteiger partial charge in [-0.2, -0.15) is 0 Å². The molecule has 0 fully saturated rings. The molecule has 21 heavy (non-hydrogen) atoms. The smallest absolute Gasteiger partial charge is 0.123 e. The summed E-state index contributed by atoms with van der Waals surface area (Å²) in [6.45, 7) is 3.87. The number of halogens is 2. The third-order valence-corrected chi connectivity index (χ3v) is 3.70. The monoisotopic (exact) mass is 307 g/mol.